The largest absolute Gasteiger partial charge is 0.495 e. The Kier molecular flexibility index (Phi) is 5.86. The number of halogens is 1. The van der Waals surface area contributed by atoms with Gasteiger partial charge < -0.3 is 14.6 Å². The number of carbonyl (C=O) groups is 1. The third-order valence-corrected chi connectivity index (χ3v) is 5.99. The van der Waals surface area contributed by atoms with Crippen LogP contribution in [0.4, 0.5) is 5.69 Å². The van der Waals surface area contributed by atoms with E-state index in [2.05, 4.69) is 15.6 Å². The summed E-state index contributed by atoms with van der Waals surface area (Å²) >= 11 is 6.14. The molecule has 1 aliphatic rings. The Morgan fingerprint density at radius 1 is 1.35 bits per heavy atom. The fraction of sp³-hybridized carbons (Fsp3) is 0.429. The van der Waals surface area contributed by atoms with Crippen molar-refractivity contribution in [2.75, 3.05) is 12.4 Å². The van der Waals surface area contributed by atoms with Gasteiger partial charge in [0.15, 0.2) is 0 Å². The molecule has 164 valence electrons. The summed E-state index contributed by atoms with van der Waals surface area (Å²) < 4.78 is 13.4. The van der Waals surface area contributed by atoms with Gasteiger partial charge in [-0.3, -0.25) is 9.36 Å². The number of aryl methyl sites for hydroxylation is 3. The molecule has 0 radical (unpaired) electrons. The van der Waals surface area contributed by atoms with Crippen molar-refractivity contribution in [2.24, 2.45) is 5.92 Å². The number of methoxy groups -OCH3 is 1. The Hall–Kier alpha value is -3.07. The number of fused-ring (bicyclic) bond motifs is 1. The molecular weight excluding hydrogens is 422 g/mol. The highest BCUT2D eigenvalue weighted by Gasteiger charge is 2.26. The molecule has 1 unspecified atom stereocenters. The third-order valence-electron chi connectivity index (χ3n) is 5.70. The summed E-state index contributed by atoms with van der Waals surface area (Å²) in [6, 6.07) is 5.12. The van der Waals surface area contributed by atoms with Gasteiger partial charge in [-0.25, -0.2) is 9.48 Å². The van der Waals surface area contributed by atoms with E-state index in [-0.39, 0.29) is 17.5 Å². The minimum atomic E-state index is -0.224. The van der Waals surface area contributed by atoms with Gasteiger partial charge in [0, 0.05) is 30.1 Å². The monoisotopic (exact) mass is 445 g/mol. The molecule has 0 bridgehead atoms. The first-order chi connectivity index (χ1) is 14.9. The van der Waals surface area contributed by atoms with Crippen LogP contribution in [0, 0.1) is 19.8 Å². The average Bonchev–Trinajstić information content (AvgIpc) is 3.11. The number of nitrogens with one attached hydrogen (secondary N) is 1. The predicted molar refractivity (Wildman–Crippen MR) is 115 cm³/mol. The third kappa shape index (κ3) is 4.23. The molecule has 1 aromatic carbocycles. The molecule has 31 heavy (non-hydrogen) atoms. The van der Waals surface area contributed by atoms with Crippen LogP contribution in [-0.2, 0) is 24.3 Å². The topological polar surface area (TPSA) is 104 Å². The number of nitrogens with zero attached hydrogens (tertiary/aromatic N) is 4. The first-order valence-corrected chi connectivity index (χ1v) is 10.5. The minimum Gasteiger partial charge on any atom is -0.495 e. The van der Waals surface area contributed by atoms with E-state index in [9.17, 15) is 9.59 Å². The number of aromatic nitrogens is 4. The molecule has 0 aliphatic carbocycles. The zero-order valence-electron chi connectivity index (χ0n) is 17.6. The quantitative estimate of drug-likeness (QED) is 0.647. The lowest BCUT2D eigenvalue weighted by atomic mass is 9.99. The van der Waals surface area contributed by atoms with Crippen LogP contribution >= 0.6 is 11.6 Å². The van der Waals surface area contributed by atoms with Gasteiger partial charge in [0.05, 0.1) is 24.4 Å². The molecule has 10 heteroatoms. The molecule has 0 saturated heterocycles. The number of carbonyl (C=O) groups excluding carboxylic acids is 1. The number of hydrogen-bond donors (Lipinski definition) is 1. The Labute approximate surface area is 183 Å². The second-order valence-electron chi connectivity index (χ2n) is 7.67. The first kappa shape index (κ1) is 21.2. The summed E-state index contributed by atoms with van der Waals surface area (Å²) in [5, 5.41) is 11.8. The molecule has 3 heterocycles. The van der Waals surface area contributed by atoms with Gasteiger partial charge in [-0.1, -0.05) is 16.8 Å². The highest BCUT2D eigenvalue weighted by Crippen LogP contribution is 2.28. The summed E-state index contributed by atoms with van der Waals surface area (Å²) in [6.07, 6.45) is 1.71. The summed E-state index contributed by atoms with van der Waals surface area (Å²) in [5.74, 6) is 1.61. The van der Waals surface area contributed by atoms with Crippen molar-refractivity contribution in [2.45, 2.75) is 46.2 Å². The second kappa shape index (κ2) is 8.58. The maximum Gasteiger partial charge on any atom is 0.346 e. The van der Waals surface area contributed by atoms with Crippen LogP contribution in [0.3, 0.4) is 0 Å². The number of hydrogen-bond acceptors (Lipinski definition) is 6. The highest BCUT2D eigenvalue weighted by molar-refractivity contribution is 6.32. The zero-order valence-corrected chi connectivity index (χ0v) is 18.4. The van der Waals surface area contributed by atoms with Gasteiger partial charge in [-0.2, -0.15) is 5.10 Å². The smallest absolute Gasteiger partial charge is 0.346 e. The van der Waals surface area contributed by atoms with E-state index in [1.807, 2.05) is 13.8 Å². The fourth-order valence-corrected chi connectivity index (χ4v) is 4.12. The molecule has 9 nitrogen and oxygen atoms in total. The van der Waals surface area contributed by atoms with Crippen molar-refractivity contribution in [3.63, 3.8) is 0 Å². The van der Waals surface area contributed by atoms with Gasteiger partial charge in [0.25, 0.3) is 0 Å². The van der Waals surface area contributed by atoms with E-state index >= 15 is 0 Å². The lowest BCUT2D eigenvalue weighted by Crippen LogP contribution is -2.28. The molecule has 0 saturated carbocycles. The van der Waals surface area contributed by atoms with Crippen LogP contribution in [0.1, 0.15) is 35.7 Å². The van der Waals surface area contributed by atoms with E-state index < -0.39 is 0 Å². The second-order valence-corrected chi connectivity index (χ2v) is 8.08. The van der Waals surface area contributed by atoms with Crippen molar-refractivity contribution in [3.05, 3.63) is 56.5 Å². The van der Waals surface area contributed by atoms with Crippen LogP contribution in [0.5, 0.6) is 5.75 Å². The van der Waals surface area contributed by atoms with E-state index in [1.165, 1.54) is 11.8 Å². The molecule has 4 rings (SSSR count). The summed E-state index contributed by atoms with van der Waals surface area (Å²) in [5.41, 5.74) is 2.05. The average molecular weight is 446 g/mol. The molecule has 1 aliphatic heterocycles. The zero-order chi connectivity index (χ0) is 22.1. The van der Waals surface area contributed by atoms with Crippen LogP contribution in [0.25, 0.3) is 0 Å². The van der Waals surface area contributed by atoms with Crippen LogP contribution in [-0.4, -0.2) is 32.5 Å². The fourth-order valence-electron chi connectivity index (χ4n) is 3.86. The van der Waals surface area contributed by atoms with Gasteiger partial charge in [0.1, 0.15) is 17.3 Å². The van der Waals surface area contributed by atoms with Crippen molar-refractivity contribution in [1.29, 1.82) is 0 Å². The maximum absolute atomic E-state index is 12.9. The lowest BCUT2D eigenvalue weighted by molar-refractivity contribution is -0.120. The van der Waals surface area contributed by atoms with Crippen molar-refractivity contribution >= 4 is 23.2 Å². The van der Waals surface area contributed by atoms with Crippen molar-refractivity contribution in [3.8, 4) is 5.75 Å². The Morgan fingerprint density at radius 2 is 2.16 bits per heavy atom. The standard InChI is InChI=1S/C21H24ClN5O4/c1-12-16(13(2)31-25-12)11-27-21(29)26-9-8-14(4-7-19(26)24-27)20(28)23-15-5-6-18(30-3)17(22)10-15/h5-6,10,14H,4,7-9,11H2,1-3H3,(H,23,28). The van der Waals surface area contributed by atoms with Crippen LogP contribution < -0.4 is 15.7 Å². The van der Waals surface area contributed by atoms with Crippen molar-refractivity contribution in [1.82, 2.24) is 19.5 Å². The molecule has 2 aromatic heterocycles. The molecule has 1 amide bonds. The molecular formula is C21H24ClN5O4. The SMILES string of the molecule is COc1ccc(NC(=O)C2CCc3nn(Cc4c(C)noc4C)c(=O)n3CC2)cc1Cl. The first-order valence-electron chi connectivity index (χ1n) is 10.1. The number of amides is 1. The predicted octanol–water partition coefficient (Wildman–Crippen LogP) is 2.95. The van der Waals surface area contributed by atoms with E-state index in [1.54, 1.807) is 22.8 Å². The Balaban J connectivity index is 1.44. The van der Waals surface area contributed by atoms with E-state index in [0.717, 1.165) is 11.3 Å². The highest BCUT2D eigenvalue weighted by atomic mass is 35.5. The molecule has 0 spiro atoms. The Bertz CT molecular complexity index is 1160. The number of ether oxygens (including phenoxy) is 1. The molecule has 3 aromatic rings. The van der Waals surface area contributed by atoms with Crippen LogP contribution in [0.2, 0.25) is 5.02 Å². The number of benzene rings is 1. The van der Waals surface area contributed by atoms with Crippen LogP contribution in [0.15, 0.2) is 27.5 Å². The van der Waals surface area contributed by atoms with Gasteiger partial charge in [-0.05, 0) is 44.9 Å². The van der Waals surface area contributed by atoms with Gasteiger partial charge >= 0.3 is 5.69 Å². The molecule has 1 N–H and O–H groups in total. The number of anilines is 1. The molecule has 0 fully saturated rings. The lowest BCUT2D eigenvalue weighted by Gasteiger charge is -2.14. The summed E-state index contributed by atoms with van der Waals surface area (Å²) in [6.45, 7) is 4.43. The summed E-state index contributed by atoms with van der Waals surface area (Å²) in [7, 11) is 1.54. The number of rotatable bonds is 5. The van der Waals surface area contributed by atoms with Crippen molar-refractivity contribution < 1.29 is 14.1 Å². The van der Waals surface area contributed by atoms with Gasteiger partial charge in [0.2, 0.25) is 5.91 Å². The van der Waals surface area contributed by atoms with Gasteiger partial charge in [-0.15, -0.1) is 0 Å². The van der Waals surface area contributed by atoms with E-state index in [0.29, 0.717) is 60.4 Å². The van der Waals surface area contributed by atoms with E-state index in [4.69, 9.17) is 20.9 Å². The molecule has 1 atom stereocenters. The maximum atomic E-state index is 12.9. The summed E-state index contributed by atoms with van der Waals surface area (Å²) in [4.78, 5) is 25.6. The normalized spacial score (nSPS) is 15.9. The Morgan fingerprint density at radius 3 is 2.84 bits per heavy atom. The minimum absolute atomic E-state index is 0.0944.